The molecule has 0 aromatic heterocycles. The molecule has 0 spiro atoms. The second kappa shape index (κ2) is 6.02. The fraction of sp³-hybridized carbons (Fsp3) is 0.500. The van der Waals surface area contributed by atoms with E-state index in [0.29, 0.717) is 12.1 Å². The maximum absolute atomic E-state index is 12.0. The molecule has 0 saturated heterocycles. The van der Waals surface area contributed by atoms with Gasteiger partial charge in [0.1, 0.15) is 0 Å². The lowest BCUT2D eigenvalue weighted by Gasteiger charge is -2.33. The van der Waals surface area contributed by atoms with Gasteiger partial charge in [0.15, 0.2) is 0 Å². The molecule has 0 bridgehead atoms. The minimum atomic E-state index is -0.197. The van der Waals surface area contributed by atoms with Crippen molar-refractivity contribution < 1.29 is 4.79 Å². The first kappa shape index (κ1) is 13.8. The zero-order valence-corrected chi connectivity index (χ0v) is 12.6. The minimum absolute atomic E-state index is 0.0261. The van der Waals surface area contributed by atoms with Gasteiger partial charge in [-0.15, -0.1) is 0 Å². The third-order valence-corrected chi connectivity index (χ3v) is 4.28. The molecule has 18 heavy (non-hydrogen) atoms. The van der Waals surface area contributed by atoms with Gasteiger partial charge in [-0.2, -0.15) is 0 Å². The average molecular weight is 358 g/mol. The number of carbonyl (C=O) groups excluding carboxylic acids is 1. The van der Waals surface area contributed by atoms with Crippen LogP contribution in [0.25, 0.3) is 0 Å². The van der Waals surface area contributed by atoms with E-state index in [9.17, 15) is 4.79 Å². The van der Waals surface area contributed by atoms with Gasteiger partial charge in [-0.3, -0.25) is 4.79 Å². The highest BCUT2D eigenvalue weighted by Crippen LogP contribution is 2.25. The molecule has 1 amide bonds. The van der Waals surface area contributed by atoms with E-state index in [2.05, 4.69) is 27.9 Å². The minimum Gasteiger partial charge on any atom is -0.350 e. The predicted molar refractivity (Wildman–Crippen MR) is 81.5 cm³/mol. The Balaban J connectivity index is 1.89. The first-order valence-corrected chi connectivity index (χ1v) is 7.50. The van der Waals surface area contributed by atoms with E-state index in [4.69, 9.17) is 5.73 Å². The third-order valence-electron chi connectivity index (χ3n) is 3.56. The zero-order chi connectivity index (χ0) is 13.0. The molecule has 1 saturated carbocycles. The van der Waals surface area contributed by atoms with Gasteiger partial charge in [0.2, 0.25) is 0 Å². The summed E-state index contributed by atoms with van der Waals surface area (Å²) in [6.45, 7) is 0.581. The van der Waals surface area contributed by atoms with Gasteiger partial charge in [0, 0.05) is 21.2 Å². The molecule has 98 valence electrons. The molecule has 1 aliphatic carbocycles. The second-order valence-corrected chi connectivity index (χ2v) is 6.36. The van der Waals surface area contributed by atoms with Crippen LogP contribution in [0.4, 0.5) is 0 Å². The fourth-order valence-corrected chi connectivity index (χ4v) is 2.75. The van der Waals surface area contributed by atoms with Crippen molar-refractivity contribution in [3.05, 3.63) is 33.4 Å². The Morgan fingerprint density at radius 2 is 1.83 bits per heavy atom. The van der Waals surface area contributed by atoms with Crippen LogP contribution in [0.1, 0.15) is 42.5 Å². The lowest BCUT2D eigenvalue weighted by molar-refractivity contribution is 0.0937. The summed E-state index contributed by atoms with van der Waals surface area (Å²) in [7, 11) is 0. The van der Waals surface area contributed by atoms with E-state index in [1.807, 2.05) is 24.3 Å². The lowest BCUT2D eigenvalue weighted by atomic mass is 9.82. The molecule has 0 radical (unpaired) electrons. The first-order chi connectivity index (χ1) is 8.59. The standard InChI is InChI=1S/C14H19IN2O/c15-12-6-4-11(5-7-12)13(18)17-10-14(16)8-2-1-3-9-14/h4-7H,1-3,8-10,16H2,(H,17,18). The molecule has 0 aliphatic heterocycles. The number of amides is 1. The number of nitrogens with two attached hydrogens (primary N) is 1. The Bertz CT molecular complexity index is 410. The Labute approximate surface area is 122 Å². The Hall–Kier alpha value is -0.620. The number of rotatable bonds is 3. The van der Waals surface area contributed by atoms with Crippen LogP contribution in [0.15, 0.2) is 24.3 Å². The van der Waals surface area contributed by atoms with Crippen LogP contribution in [0.3, 0.4) is 0 Å². The van der Waals surface area contributed by atoms with Crippen LogP contribution in [-0.4, -0.2) is 18.0 Å². The molecule has 0 heterocycles. The molecule has 1 aliphatic rings. The van der Waals surface area contributed by atoms with Crippen molar-refractivity contribution in [1.29, 1.82) is 0 Å². The number of carbonyl (C=O) groups is 1. The van der Waals surface area contributed by atoms with Crippen molar-refractivity contribution in [3.8, 4) is 0 Å². The van der Waals surface area contributed by atoms with Gasteiger partial charge in [0.25, 0.3) is 5.91 Å². The summed E-state index contributed by atoms with van der Waals surface area (Å²) < 4.78 is 1.13. The van der Waals surface area contributed by atoms with E-state index in [1.165, 1.54) is 19.3 Å². The molecule has 3 N–H and O–H groups in total. The van der Waals surface area contributed by atoms with Crippen molar-refractivity contribution >= 4 is 28.5 Å². The van der Waals surface area contributed by atoms with E-state index in [0.717, 1.165) is 16.4 Å². The predicted octanol–water partition coefficient (Wildman–Crippen LogP) is 2.68. The maximum atomic E-state index is 12.0. The smallest absolute Gasteiger partial charge is 0.251 e. The summed E-state index contributed by atoms with van der Waals surface area (Å²) in [6.07, 6.45) is 5.65. The Morgan fingerprint density at radius 3 is 2.44 bits per heavy atom. The molecule has 4 heteroatoms. The van der Waals surface area contributed by atoms with Gasteiger partial charge in [-0.1, -0.05) is 19.3 Å². The monoisotopic (exact) mass is 358 g/mol. The molecule has 0 atom stereocenters. The van der Waals surface area contributed by atoms with E-state index >= 15 is 0 Å². The number of nitrogens with one attached hydrogen (secondary N) is 1. The van der Waals surface area contributed by atoms with Gasteiger partial charge in [-0.05, 0) is 59.7 Å². The zero-order valence-electron chi connectivity index (χ0n) is 10.4. The van der Waals surface area contributed by atoms with Crippen molar-refractivity contribution in [2.24, 2.45) is 5.73 Å². The summed E-state index contributed by atoms with van der Waals surface area (Å²) >= 11 is 2.23. The topological polar surface area (TPSA) is 55.1 Å². The third kappa shape index (κ3) is 3.68. The molecule has 0 unspecified atom stereocenters. The second-order valence-electron chi connectivity index (χ2n) is 5.11. The molecule has 1 aromatic rings. The molecule has 1 fully saturated rings. The van der Waals surface area contributed by atoms with Crippen LogP contribution in [0.5, 0.6) is 0 Å². The van der Waals surface area contributed by atoms with Gasteiger partial charge < -0.3 is 11.1 Å². The molecular weight excluding hydrogens is 339 g/mol. The van der Waals surface area contributed by atoms with Gasteiger partial charge in [-0.25, -0.2) is 0 Å². The maximum Gasteiger partial charge on any atom is 0.251 e. The average Bonchev–Trinajstić information content (AvgIpc) is 2.38. The summed E-state index contributed by atoms with van der Waals surface area (Å²) in [5.41, 5.74) is 6.80. The van der Waals surface area contributed by atoms with Gasteiger partial charge >= 0.3 is 0 Å². The fourth-order valence-electron chi connectivity index (χ4n) is 2.39. The summed E-state index contributed by atoms with van der Waals surface area (Å²) in [6, 6.07) is 7.57. The quantitative estimate of drug-likeness (QED) is 0.817. The molecular formula is C14H19IN2O. The van der Waals surface area contributed by atoms with Crippen LogP contribution < -0.4 is 11.1 Å². The van der Waals surface area contributed by atoms with Crippen molar-refractivity contribution in [2.75, 3.05) is 6.54 Å². The number of benzene rings is 1. The number of halogens is 1. The number of hydrogen-bond donors (Lipinski definition) is 2. The normalized spacial score (nSPS) is 18.3. The Kier molecular flexibility index (Phi) is 4.61. The first-order valence-electron chi connectivity index (χ1n) is 6.42. The van der Waals surface area contributed by atoms with E-state index in [-0.39, 0.29) is 11.4 Å². The SMILES string of the molecule is NC1(CNC(=O)c2ccc(I)cc2)CCCCC1. The highest BCUT2D eigenvalue weighted by Gasteiger charge is 2.27. The van der Waals surface area contributed by atoms with Crippen LogP contribution in [0, 0.1) is 3.57 Å². The highest BCUT2D eigenvalue weighted by atomic mass is 127. The highest BCUT2D eigenvalue weighted by molar-refractivity contribution is 14.1. The Morgan fingerprint density at radius 1 is 1.22 bits per heavy atom. The van der Waals surface area contributed by atoms with Crippen LogP contribution >= 0.6 is 22.6 Å². The van der Waals surface area contributed by atoms with Crippen LogP contribution in [-0.2, 0) is 0 Å². The molecule has 2 rings (SSSR count). The lowest BCUT2D eigenvalue weighted by Crippen LogP contribution is -2.51. The van der Waals surface area contributed by atoms with Crippen molar-refractivity contribution in [1.82, 2.24) is 5.32 Å². The summed E-state index contributed by atoms with van der Waals surface area (Å²) in [5.74, 6) is -0.0261. The van der Waals surface area contributed by atoms with Crippen LogP contribution in [0.2, 0.25) is 0 Å². The van der Waals surface area contributed by atoms with E-state index in [1.54, 1.807) is 0 Å². The summed E-state index contributed by atoms with van der Waals surface area (Å²) in [4.78, 5) is 12.0. The van der Waals surface area contributed by atoms with Gasteiger partial charge in [0.05, 0.1) is 0 Å². The van der Waals surface area contributed by atoms with Crippen molar-refractivity contribution in [3.63, 3.8) is 0 Å². The molecule has 3 nitrogen and oxygen atoms in total. The van der Waals surface area contributed by atoms with E-state index < -0.39 is 0 Å². The summed E-state index contributed by atoms with van der Waals surface area (Å²) in [5, 5.41) is 2.96. The van der Waals surface area contributed by atoms with Crippen molar-refractivity contribution in [2.45, 2.75) is 37.6 Å². The molecule has 1 aromatic carbocycles. The largest absolute Gasteiger partial charge is 0.350 e. The number of hydrogen-bond acceptors (Lipinski definition) is 2.